The summed E-state index contributed by atoms with van der Waals surface area (Å²) in [5.41, 5.74) is 1.59. The highest BCUT2D eigenvalue weighted by atomic mass is 16.5. The molecule has 2 aromatic carbocycles. The molecule has 6 nitrogen and oxygen atoms in total. The molecule has 1 aliphatic heterocycles. The first kappa shape index (κ1) is 19.2. The quantitative estimate of drug-likeness (QED) is 0.620. The van der Waals surface area contributed by atoms with E-state index in [0.717, 1.165) is 5.56 Å². The lowest BCUT2D eigenvalue weighted by Crippen LogP contribution is -2.32. The molecule has 3 rings (SSSR count). The molecule has 1 heterocycles. The van der Waals surface area contributed by atoms with Gasteiger partial charge in [-0.25, -0.2) is 0 Å². The zero-order valence-electron chi connectivity index (χ0n) is 15.5. The van der Waals surface area contributed by atoms with Gasteiger partial charge in [0.2, 0.25) is 5.91 Å². The number of nitrogens with one attached hydrogen (secondary N) is 1. The molecule has 0 aliphatic carbocycles. The molecule has 1 aliphatic rings. The fraction of sp³-hybridized carbons (Fsp3) is 0.227. The predicted molar refractivity (Wildman–Crippen MR) is 104 cm³/mol. The number of amides is 3. The molecule has 0 unspecified atom stereocenters. The maximum Gasteiger partial charge on any atom is 0.261 e. The van der Waals surface area contributed by atoms with E-state index in [1.807, 2.05) is 24.3 Å². The van der Waals surface area contributed by atoms with E-state index in [2.05, 4.69) is 17.2 Å². The highest BCUT2D eigenvalue weighted by molar-refractivity contribution is 6.21. The van der Waals surface area contributed by atoms with Gasteiger partial charge in [-0.2, -0.15) is 0 Å². The number of benzene rings is 2. The highest BCUT2D eigenvalue weighted by Crippen LogP contribution is 2.22. The van der Waals surface area contributed by atoms with E-state index in [0.29, 0.717) is 23.3 Å². The third kappa shape index (κ3) is 4.21. The first-order valence-corrected chi connectivity index (χ1v) is 8.95. The fourth-order valence-corrected chi connectivity index (χ4v) is 2.96. The Hall–Kier alpha value is -3.59. The molecule has 0 atom stereocenters. The summed E-state index contributed by atoms with van der Waals surface area (Å²) < 4.78 is 5.22. The summed E-state index contributed by atoms with van der Waals surface area (Å²) in [4.78, 5) is 37.6. The Morgan fingerprint density at radius 2 is 1.68 bits per heavy atom. The Morgan fingerprint density at radius 1 is 1.04 bits per heavy atom. The van der Waals surface area contributed by atoms with Gasteiger partial charge in [0.25, 0.3) is 11.8 Å². The summed E-state index contributed by atoms with van der Waals surface area (Å²) in [7, 11) is 1.58. The standard InChI is InChI=1S/C22H20N2O4/c1-28-19-12-5-2-8-16(19)9-6-14-23-20(25)13-7-15-24-21(26)17-10-3-4-11-18(17)22(24)27/h2-5,8,10-12H,7,13-15H2,1H3,(H,23,25). The molecule has 0 radical (unpaired) electrons. The summed E-state index contributed by atoms with van der Waals surface area (Å²) in [5.74, 6) is 5.74. The zero-order chi connectivity index (χ0) is 19.9. The number of hydrogen-bond acceptors (Lipinski definition) is 4. The number of methoxy groups -OCH3 is 1. The van der Waals surface area contributed by atoms with Crippen molar-refractivity contribution in [2.75, 3.05) is 20.2 Å². The minimum Gasteiger partial charge on any atom is -0.495 e. The van der Waals surface area contributed by atoms with Gasteiger partial charge in [-0.05, 0) is 30.7 Å². The van der Waals surface area contributed by atoms with Crippen LogP contribution in [0.5, 0.6) is 5.75 Å². The van der Waals surface area contributed by atoms with Crippen LogP contribution in [0.2, 0.25) is 0 Å². The van der Waals surface area contributed by atoms with Gasteiger partial charge in [0.1, 0.15) is 5.75 Å². The average Bonchev–Trinajstić information content (AvgIpc) is 2.96. The van der Waals surface area contributed by atoms with Crippen LogP contribution in [0.1, 0.15) is 39.1 Å². The summed E-state index contributed by atoms with van der Waals surface area (Å²) in [6, 6.07) is 14.1. The van der Waals surface area contributed by atoms with Gasteiger partial charge >= 0.3 is 0 Å². The van der Waals surface area contributed by atoms with E-state index in [1.54, 1.807) is 31.4 Å². The predicted octanol–water partition coefficient (Wildman–Crippen LogP) is 2.24. The van der Waals surface area contributed by atoms with E-state index in [9.17, 15) is 14.4 Å². The molecular formula is C22H20N2O4. The average molecular weight is 376 g/mol. The maximum atomic E-state index is 12.3. The van der Waals surface area contributed by atoms with Crippen LogP contribution in [0.25, 0.3) is 0 Å². The molecule has 0 spiro atoms. The number of fused-ring (bicyclic) bond motifs is 1. The number of hydrogen-bond donors (Lipinski definition) is 1. The third-order valence-corrected chi connectivity index (χ3v) is 4.37. The number of rotatable bonds is 6. The van der Waals surface area contributed by atoms with Crippen molar-refractivity contribution in [1.29, 1.82) is 0 Å². The first-order valence-electron chi connectivity index (χ1n) is 8.95. The van der Waals surface area contributed by atoms with Gasteiger partial charge in [-0.1, -0.05) is 36.1 Å². The maximum absolute atomic E-state index is 12.3. The van der Waals surface area contributed by atoms with Crippen molar-refractivity contribution in [2.45, 2.75) is 12.8 Å². The zero-order valence-corrected chi connectivity index (χ0v) is 15.5. The minimum atomic E-state index is -0.302. The minimum absolute atomic E-state index is 0.175. The van der Waals surface area contributed by atoms with Crippen molar-refractivity contribution in [3.8, 4) is 17.6 Å². The number of carbonyl (C=O) groups is 3. The Balaban J connectivity index is 1.43. The normalized spacial score (nSPS) is 12.2. The Kier molecular flexibility index (Phi) is 6.07. The van der Waals surface area contributed by atoms with Gasteiger partial charge in [-0.3, -0.25) is 19.3 Å². The Labute approximate surface area is 163 Å². The number of nitrogens with zero attached hydrogens (tertiary/aromatic N) is 1. The second-order valence-electron chi connectivity index (χ2n) is 6.19. The largest absolute Gasteiger partial charge is 0.495 e. The molecule has 3 amide bonds. The highest BCUT2D eigenvalue weighted by Gasteiger charge is 2.34. The van der Waals surface area contributed by atoms with Gasteiger partial charge < -0.3 is 10.1 Å². The summed E-state index contributed by atoms with van der Waals surface area (Å²) in [6.45, 7) is 0.427. The molecule has 0 fully saturated rings. The lowest BCUT2D eigenvalue weighted by Gasteiger charge is -2.13. The molecule has 0 saturated carbocycles. The van der Waals surface area contributed by atoms with Crippen molar-refractivity contribution in [2.24, 2.45) is 0 Å². The monoisotopic (exact) mass is 376 g/mol. The molecule has 2 aromatic rings. The Morgan fingerprint density at radius 3 is 2.36 bits per heavy atom. The van der Waals surface area contributed by atoms with Crippen molar-refractivity contribution >= 4 is 17.7 Å². The third-order valence-electron chi connectivity index (χ3n) is 4.37. The number of ether oxygens (including phenoxy) is 1. The molecule has 142 valence electrons. The lowest BCUT2D eigenvalue weighted by atomic mass is 10.1. The van der Waals surface area contributed by atoms with E-state index >= 15 is 0 Å². The first-order chi connectivity index (χ1) is 13.6. The van der Waals surface area contributed by atoms with Gasteiger partial charge in [0.15, 0.2) is 0 Å². The molecule has 6 heteroatoms. The van der Waals surface area contributed by atoms with E-state index < -0.39 is 0 Å². The van der Waals surface area contributed by atoms with Crippen LogP contribution >= 0.6 is 0 Å². The van der Waals surface area contributed by atoms with Crippen LogP contribution in [0.3, 0.4) is 0 Å². The van der Waals surface area contributed by atoms with Crippen molar-refractivity contribution < 1.29 is 19.1 Å². The van der Waals surface area contributed by atoms with Crippen molar-refractivity contribution in [3.05, 3.63) is 65.2 Å². The van der Waals surface area contributed by atoms with Crippen LogP contribution < -0.4 is 10.1 Å². The smallest absolute Gasteiger partial charge is 0.261 e. The summed E-state index contributed by atoms with van der Waals surface area (Å²) in [5, 5.41) is 2.71. The van der Waals surface area contributed by atoms with Crippen LogP contribution in [0.4, 0.5) is 0 Å². The van der Waals surface area contributed by atoms with Gasteiger partial charge in [0, 0.05) is 13.0 Å². The molecule has 28 heavy (non-hydrogen) atoms. The van der Waals surface area contributed by atoms with Crippen molar-refractivity contribution in [3.63, 3.8) is 0 Å². The SMILES string of the molecule is COc1ccccc1C#CCNC(=O)CCCN1C(=O)c2ccccc2C1=O. The van der Waals surface area contributed by atoms with E-state index in [4.69, 9.17) is 4.74 Å². The van der Waals surface area contributed by atoms with Gasteiger partial charge in [0.05, 0.1) is 30.3 Å². The van der Waals surface area contributed by atoms with Gasteiger partial charge in [-0.15, -0.1) is 0 Å². The van der Waals surface area contributed by atoms with E-state index in [1.165, 1.54) is 4.90 Å². The lowest BCUT2D eigenvalue weighted by molar-refractivity contribution is -0.121. The van der Waals surface area contributed by atoms with Crippen molar-refractivity contribution in [1.82, 2.24) is 10.2 Å². The van der Waals surface area contributed by atoms with E-state index in [-0.39, 0.29) is 37.2 Å². The number of imide groups is 1. The summed E-state index contributed by atoms with van der Waals surface area (Å²) in [6.07, 6.45) is 0.612. The van der Waals surface area contributed by atoms with Crippen LogP contribution in [-0.2, 0) is 4.79 Å². The molecule has 0 bridgehead atoms. The summed E-state index contributed by atoms with van der Waals surface area (Å²) >= 11 is 0. The second kappa shape index (κ2) is 8.87. The topological polar surface area (TPSA) is 75.7 Å². The molecule has 1 N–H and O–H groups in total. The molecular weight excluding hydrogens is 356 g/mol. The van der Waals surface area contributed by atoms with Crippen LogP contribution in [0, 0.1) is 11.8 Å². The molecule has 0 saturated heterocycles. The van der Waals surface area contributed by atoms with Crippen LogP contribution in [0.15, 0.2) is 48.5 Å². The second-order valence-corrected chi connectivity index (χ2v) is 6.19. The molecule has 0 aromatic heterocycles. The number of carbonyl (C=O) groups excluding carboxylic acids is 3. The Bertz CT molecular complexity index is 937. The number of para-hydroxylation sites is 1. The fourth-order valence-electron chi connectivity index (χ4n) is 2.96. The van der Waals surface area contributed by atoms with Crippen LogP contribution in [-0.4, -0.2) is 42.8 Å².